The molecule has 0 saturated heterocycles. The smallest absolute Gasteiger partial charge is 0.261 e. The zero-order valence-electron chi connectivity index (χ0n) is 14.9. The van der Waals surface area contributed by atoms with Crippen LogP contribution in [-0.2, 0) is 4.43 Å². The molecule has 1 atom stereocenters. The molecule has 2 aromatic rings. The van der Waals surface area contributed by atoms with Crippen LogP contribution in [0.2, 0.25) is 5.04 Å². The number of benzene rings is 2. The zero-order valence-corrected chi connectivity index (χ0v) is 15.9. The Morgan fingerprint density at radius 3 is 1.92 bits per heavy atom. The molecule has 0 amide bonds. The van der Waals surface area contributed by atoms with Crippen LogP contribution in [0.5, 0.6) is 0 Å². The summed E-state index contributed by atoms with van der Waals surface area (Å²) in [6, 6.07) is 21.9. The fourth-order valence-electron chi connectivity index (χ4n) is 3.67. The standard InChI is InChI=1S/C21H27NOSi/c1-21(2,3)24(19-12-6-4-7-13-19,20-14-8-5-9-15-20)23-17-18-11-10-16-22-18/h4-9,12-16,18H,10-11,17H2,1-3H3/t18-/m1/s1. The molecule has 0 unspecified atom stereocenters. The summed E-state index contributed by atoms with van der Waals surface area (Å²) in [5.74, 6) is 0. The first-order valence-corrected chi connectivity index (χ1v) is 10.7. The minimum atomic E-state index is -2.39. The molecule has 0 bridgehead atoms. The van der Waals surface area contributed by atoms with Crippen molar-refractivity contribution < 1.29 is 4.43 Å². The number of hydrogen-bond donors (Lipinski definition) is 0. The van der Waals surface area contributed by atoms with E-state index in [2.05, 4.69) is 86.4 Å². The van der Waals surface area contributed by atoms with Gasteiger partial charge in [-0.3, -0.25) is 4.99 Å². The van der Waals surface area contributed by atoms with E-state index in [0.717, 1.165) is 12.8 Å². The molecule has 1 aliphatic rings. The van der Waals surface area contributed by atoms with Gasteiger partial charge in [0.15, 0.2) is 0 Å². The average molecular weight is 338 g/mol. The van der Waals surface area contributed by atoms with Crippen molar-refractivity contribution in [2.75, 3.05) is 6.61 Å². The highest BCUT2D eigenvalue weighted by atomic mass is 28.4. The highest BCUT2D eigenvalue weighted by Gasteiger charge is 2.50. The van der Waals surface area contributed by atoms with E-state index in [-0.39, 0.29) is 5.04 Å². The Labute approximate surface area is 146 Å². The van der Waals surface area contributed by atoms with E-state index in [1.54, 1.807) is 0 Å². The SMILES string of the molecule is CC(C)(C)[Si](OC[C@H]1CCC=N1)(c1ccccc1)c1ccccc1. The lowest BCUT2D eigenvalue weighted by molar-refractivity contribution is 0.272. The van der Waals surface area contributed by atoms with E-state index < -0.39 is 8.32 Å². The van der Waals surface area contributed by atoms with Gasteiger partial charge >= 0.3 is 0 Å². The average Bonchev–Trinajstić information content (AvgIpc) is 3.10. The Balaban J connectivity index is 2.08. The van der Waals surface area contributed by atoms with Crippen molar-refractivity contribution in [3.8, 4) is 0 Å². The van der Waals surface area contributed by atoms with Gasteiger partial charge in [-0.05, 0) is 34.5 Å². The van der Waals surface area contributed by atoms with E-state index in [1.165, 1.54) is 10.4 Å². The molecule has 126 valence electrons. The first-order chi connectivity index (χ1) is 11.5. The fraction of sp³-hybridized carbons (Fsp3) is 0.381. The van der Waals surface area contributed by atoms with Gasteiger partial charge in [-0.2, -0.15) is 0 Å². The second kappa shape index (κ2) is 7.04. The van der Waals surface area contributed by atoms with Gasteiger partial charge in [-0.15, -0.1) is 0 Å². The summed E-state index contributed by atoms with van der Waals surface area (Å²) >= 11 is 0. The molecule has 0 spiro atoms. The van der Waals surface area contributed by atoms with E-state index in [0.29, 0.717) is 12.6 Å². The third kappa shape index (κ3) is 3.24. The molecule has 0 fully saturated rings. The molecule has 24 heavy (non-hydrogen) atoms. The molecule has 0 N–H and O–H groups in total. The lowest BCUT2D eigenvalue weighted by Crippen LogP contribution is -2.67. The number of aliphatic imine (C=N–C) groups is 1. The molecule has 2 aromatic carbocycles. The monoisotopic (exact) mass is 337 g/mol. The van der Waals surface area contributed by atoms with Crippen LogP contribution in [0.15, 0.2) is 65.7 Å². The fourth-order valence-corrected chi connectivity index (χ4v) is 8.27. The Morgan fingerprint density at radius 1 is 0.958 bits per heavy atom. The maximum absolute atomic E-state index is 6.88. The third-order valence-corrected chi connectivity index (χ3v) is 9.86. The van der Waals surface area contributed by atoms with Gasteiger partial charge in [0.25, 0.3) is 8.32 Å². The normalized spacial score (nSPS) is 18.0. The molecule has 0 saturated carbocycles. The molecule has 2 nitrogen and oxygen atoms in total. The molecule has 3 rings (SSSR count). The summed E-state index contributed by atoms with van der Waals surface area (Å²) in [6.07, 6.45) is 4.23. The first kappa shape index (κ1) is 17.1. The van der Waals surface area contributed by atoms with E-state index in [1.807, 2.05) is 6.21 Å². The number of hydrogen-bond acceptors (Lipinski definition) is 2. The lowest BCUT2D eigenvalue weighted by atomic mass is 10.2. The van der Waals surface area contributed by atoms with Gasteiger partial charge in [-0.1, -0.05) is 81.4 Å². The Kier molecular flexibility index (Phi) is 5.02. The van der Waals surface area contributed by atoms with Crippen molar-refractivity contribution in [3.05, 3.63) is 60.7 Å². The van der Waals surface area contributed by atoms with Crippen molar-refractivity contribution in [3.63, 3.8) is 0 Å². The maximum atomic E-state index is 6.88. The van der Waals surface area contributed by atoms with Gasteiger partial charge in [-0.25, -0.2) is 0 Å². The summed E-state index contributed by atoms with van der Waals surface area (Å²) < 4.78 is 6.88. The Hall–Kier alpha value is -1.71. The first-order valence-electron chi connectivity index (χ1n) is 8.81. The maximum Gasteiger partial charge on any atom is 0.261 e. The Morgan fingerprint density at radius 2 is 1.50 bits per heavy atom. The van der Waals surface area contributed by atoms with Gasteiger partial charge < -0.3 is 4.43 Å². The van der Waals surface area contributed by atoms with Crippen LogP contribution >= 0.6 is 0 Å². The predicted molar refractivity (Wildman–Crippen MR) is 105 cm³/mol. The van der Waals surface area contributed by atoms with Crippen LogP contribution in [0, 0.1) is 0 Å². The van der Waals surface area contributed by atoms with Crippen molar-refractivity contribution >= 4 is 24.9 Å². The zero-order chi connectivity index (χ0) is 17.0. The largest absolute Gasteiger partial charge is 0.405 e. The van der Waals surface area contributed by atoms with Gasteiger partial charge in [0.05, 0.1) is 12.6 Å². The topological polar surface area (TPSA) is 21.6 Å². The van der Waals surface area contributed by atoms with Crippen LogP contribution in [0.3, 0.4) is 0 Å². The van der Waals surface area contributed by atoms with Crippen molar-refractivity contribution in [2.24, 2.45) is 4.99 Å². The second-order valence-electron chi connectivity index (χ2n) is 7.54. The van der Waals surface area contributed by atoms with Crippen LogP contribution in [0.4, 0.5) is 0 Å². The molecule has 1 aliphatic heterocycles. The number of nitrogens with zero attached hydrogens (tertiary/aromatic N) is 1. The minimum absolute atomic E-state index is 0.0397. The van der Waals surface area contributed by atoms with Crippen LogP contribution in [-0.4, -0.2) is 27.2 Å². The van der Waals surface area contributed by atoms with Gasteiger partial charge in [0.2, 0.25) is 0 Å². The summed E-state index contributed by atoms with van der Waals surface area (Å²) in [5, 5.41) is 2.72. The van der Waals surface area contributed by atoms with Gasteiger partial charge in [0, 0.05) is 0 Å². The molecule has 3 heteroatoms. The molecule has 1 heterocycles. The highest BCUT2D eigenvalue weighted by molar-refractivity contribution is 6.99. The lowest BCUT2D eigenvalue weighted by Gasteiger charge is -2.43. The predicted octanol–water partition coefficient (Wildman–Crippen LogP) is 3.80. The third-order valence-electron chi connectivity index (χ3n) is 4.85. The van der Waals surface area contributed by atoms with E-state index in [4.69, 9.17) is 4.43 Å². The van der Waals surface area contributed by atoms with Crippen LogP contribution in [0.25, 0.3) is 0 Å². The summed E-state index contributed by atoms with van der Waals surface area (Å²) in [5.41, 5.74) is 0. The quantitative estimate of drug-likeness (QED) is 0.761. The molecular formula is C21H27NOSi. The molecular weight excluding hydrogens is 310 g/mol. The van der Waals surface area contributed by atoms with Crippen molar-refractivity contribution in [1.29, 1.82) is 0 Å². The van der Waals surface area contributed by atoms with Gasteiger partial charge in [0.1, 0.15) is 0 Å². The van der Waals surface area contributed by atoms with Crippen molar-refractivity contribution in [1.82, 2.24) is 0 Å². The molecule has 0 aliphatic carbocycles. The molecule has 0 aromatic heterocycles. The summed E-state index contributed by atoms with van der Waals surface area (Å²) in [4.78, 5) is 4.58. The van der Waals surface area contributed by atoms with Crippen LogP contribution < -0.4 is 10.4 Å². The minimum Gasteiger partial charge on any atom is -0.405 e. The van der Waals surface area contributed by atoms with Crippen molar-refractivity contribution in [2.45, 2.75) is 44.7 Å². The number of rotatable bonds is 5. The summed E-state index contributed by atoms with van der Waals surface area (Å²) in [7, 11) is -2.39. The second-order valence-corrected chi connectivity index (χ2v) is 11.8. The Bertz CT molecular complexity index is 636. The van der Waals surface area contributed by atoms with E-state index >= 15 is 0 Å². The van der Waals surface area contributed by atoms with E-state index in [9.17, 15) is 0 Å². The molecule has 0 radical (unpaired) electrons. The summed E-state index contributed by atoms with van der Waals surface area (Å²) in [6.45, 7) is 7.66. The van der Waals surface area contributed by atoms with Crippen LogP contribution in [0.1, 0.15) is 33.6 Å². The highest BCUT2D eigenvalue weighted by Crippen LogP contribution is 2.37.